The Hall–Kier alpha value is -2.51. The third-order valence-corrected chi connectivity index (χ3v) is 4.89. The van der Waals surface area contributed by atoms with Gasteiger partial charge in [0, 0.05) is 50.0 Å². The Bertz CT molecular complexity index is 843. The fourth-order valence-corrected chi connectivity index (χ4v) is 3.40. The molecule has 7 nitrogen and oxygen atoms in total. The number of pyridine rings is 1. The number of nitrogens with zero attached hydrogens (tertiary/aromatic N) is 3. The van der Waals surface area contributed by atoms with Crippen LogP contribution in [-0.2, 0) is 4.79 Å². The third kappa shape index (κ3) is 2.96. The summed E-state index contributed by atoms with van der Waals surface area (Å²) in [5.74, 6) is -0.0563. The van der Waals surface area contributed by atoms with E-state index in [0.29, 0.717) is 17.2 Å². The monoisotopic (exact) mass is 339 g/mol. The molecule has 4 rings (SSSR count). The predicted molar refractivity (Wildman–Crippen MR) is 97.1 cm³/mol. The van der Waals surface area contributed by atoms with Crippen LogP contribution in [0.5, 0.6) is 0 Å². The summed E-state index contributed by atoms with van der Waals surface area (Å²) < 4.78 is 0. The minimum absolute atomic E-state index is 0.357. The van der Waals surface area contributed by atoms with Crippen LogP contribution in [0.1, 0.15) is 10.4 Å². The quantitative estimate of drug-likeness (QED) is 0.810. The van der Waals surface area contributed by atoms with Crippen molar-refractivity contribution in [2.24, 2.45) is 0 Å². The molecule has 1 fully saturated rings. The number of aromatic nitrogens is 1. The zero-order chi connectivity index (χ0) is 17.4. The summed E-state index contributed by atoms with van der Waals surface area (Å²) in [5, 5.41) is 7.57. The molecule has 3 heterocycles. The first-order valence-corrected chi connectivity index (χ1v) is 8.56. The van der Waals surface area contributed by atoms with Gasteiger partial charge in [0.1, 0.15) is 11.6 Å². The van der Waals surface area contributed by atoms with Crippen molar-refractivity contribution in [3.05, 3.63) is 29.8 Å². The van der Waals surface area contributed by atoms with Gasteiger partial charge in [-0.25, -0.2) is 4.98 Å². The summed E-state index contributed by atoms with van der Waals surface area (Å²) in [6, 6.07) is 7.57. The Labute approximate surface area is 146 Å². The SMILES string of the molecule is CN1CCN(CCNc2nc3c(c4ccccc24)C(=O)C(=O)N3)CC1. The Morgan fingerprint density at radius 1 is 1.12 bits per heavy atom. The van der Waals surface area contributed by atoms with Crippen LogP contribution in [-0.4, -0.2) is 72.8 Å². The van der Waals surface area contributed by atoms with Crippen LogP contribution in [0.2, 0.25) is 0 Å². The van der Waals surface area contributed by atoms with E-state index in [1.165, 1.54) is 0 Å². The Morgan fingerprint density at radius 3 is 2.60 bits per heavy atom. The number of ketones is 1. The highest BCUT2D eigenvalue weighted by molar-refractivity contribution is 6.53. The van der Waals surface area contributed by atoms with Crippen LogP contribution in [0.25, 0.3) is 10.8 Å². The third-order valence-electron chi connectivity index (χ3n) is 4.89. The molecule has 1 saturated heterocycles. The summed E-state index contributed by atoms with van der Waals surface area (Å²) in [4.78, 5) is 33.0. The maximum atomic E-state index is 12.1. The second-order valence-corrected chi connectivity index (χ2v) is 6.58. The van der Waals surface area contributed by atoms with Gasteiger partial charge in [0.05, 0.1) is 5.56 Å². The second kappa shape index (κ2) is 6.42. The number of carbonyl (C=O) groups excluding carboxylic acids is 2. The number of nitrogens with one attached hydrogen (secondary N) is 2. The highest BCUT2D eigenvalue weighted by Gasteiger charge is 2.32. The average Bonchev–Trinajstić information content (AvgIpc) is 2.91. The number of carbonyl (C=O) groups is 2. The number of amides is 1. The minimum Gasteiger partial charge on any atom is -0.368 e. The number of benzene rings is 1. The number of likely N-dealkylation sites (N-methyl/N-ethyl adjacent to an activating group) is 1. The minimum atomic E-state index is -0.609. The van der Waals surface area contributed by atoms with Gasteiger partial charge in [-0.05, 0) is 7.05 Å². The van der Waals surface area contributed by atoms with Gasteiger partial charge < -0.3 is 15.5 Å². The molecular weight excluding hydrogens is 318 g/mol. The van der Waals surface area contributed by atoms with E-state index < -0.39 is 11.7 Å². The lowest BCUT2D eigenvalue weighted by Crippen LogP contribution is -2.45. The molecule has 0 radical (unpaired) electrons. The first kappa shape index (κ1) is 16.0. The van der Waals surface area contributed by atoms with E-state index in [-0.39, 0.29) is 0 Å². The first-order valence-electron chi connectivity index (χ1n) is 8.56. The number of fused-ring (bicyclic) bond motifs is 3. The maximum Gasteiger partial charge on any atom is 0.298 e. The van der Waals surface area contributed by atoms with Crippen LogP contribution in [0.15, 0.2) is 24.3 Å². The summed E-state index contributed by atoms with van der Waals surface area (Å²) in [7, 11) is 2.14. The van der Waals surface area contributed by atoms with Gasteiger partial charge >= 0.3 is 0 Å². The summed E-state index contributed by atoms with van der Waals surface area (Å²) in [6.45, 7) is 6.03. The van der Waals surface area contributed by atoms with Gasteiger partial charge in [-0.2, -0.15) is 0 Å². The highest BCUT2D eigenvalue weighted by Crippen LogP contribution is 2.33. The normalized spacial score (nSPS) is 18.4. The molecule has 0 bridgehead atoms. The van der Waals surface area contributed by atoms with Gasteiger partial charge in [0.25, 0.3) is 11.7 Å². The summed E-state index contributed by atoms with van der Waals surface area (Å²) in [6.07, 6.45) is 0. The lowest BCUT2D eigenvalue weighted by Gasteiger charge is -2.32. The standard InChI is InChI=1S/C18H21N5O2/c1-22-8-10-23(11-9-22)7-6-19-16-13-5-3-2-4-12(13)14-15(24)18(25)21-17(14)20-16/h2-5H,6-11H2,1H3,(H2,19,20,21,24,25). The smallest absolute Gasteiger partial charge is 0.298 e. The van der Waals surface area contributed by atoms with Gasteiger partial charge in [-0.3, -0.25) is 14.5 Å². The number of hydrogen-bond acceptors (Lipinski definition) is 6. The number of anilines is 2. The van der Waals surface area contributed by atoms with Crippen molar-refractivity contribution in [2.45, 2.75) is 0 Å². The van der Waals surface area contributed by atoms with Crippen molar-refractivity contribution in [1.82, 2.24) is 14.8 Å². The zero-order valence-corrected chi connectivity index (χ0v) is 14.2. The molecule has 0 atom stereocenters. The molecule has 2 aromatic rings. The molecular formula is C18H21N5O2. The molecule has 25 heavy (non-hydrogen) atoms. The van der Waals surface area contributed by atoms with Crippen molar-refractivity contribution >= 4 is 34.1 Å². The van der Waals surface area contributed by atoms with Crippen molar-refractivity contribution in [3.63, 3.8) is 0 Å². The molecule has 130 valence electrons. The molecule has 1 aromatic heterocycles. The molecule has 0 spiro atoms. The van der Waals surface area contributed by atoms with Crippen LogP contribution in [0.4, 0.5) is 11.6 Å². The van der Waals surface area contributed by atoms with Crippen LogP contribution in [0, 0.1) is 0 Å². The number of Topliss-reactive ketones (excluding diaryl/α,β-unsaturated/α-hetero) is 1. The largest absolute Gasteiger partial charge is 0.368 e. The van der Waals surface area contributed by atoms with E-state index >= 15 is 0 Å². The average molecular weight is 339 g/mol. The van der Waals surface area contributed by atoms with Gasteiger partial charge in [-0.1, -0.05) is 24.3 Å². The van der Waals surface area contributed by atoms with Gasteiger partial charge in [-0.15, -0.1) is 0 Å². The zero-order valence-electron chi connectivity index (χ0n) is 14.2. The van der Waals surface area contributed by atoms with Crippen LogP contribution >= 0.6 is 0 Å². The topological polar surface area (TPSA) is 77.6 Å². The molecule has 1 amide bonds. The molecule has 0 saturated carbocycles. The molecule has 0 aliphatic carbocycles. The van der Waals surface area contributed by atoms with Crippen molar-refractivity contribution in [1.29, 1.82) is 0 Å². The molecule has 0 unspecified atom stereocenters. The highest BCUT2D eigenvalue weighted by atomic mass is 16.2. The molecule has 2 aliphatic heterocycles. The predicted octanol–water partition coefficient (Wildman–Crippen LogP) is 1.03. The fraction of sp³-hybridized carbons (Fsp3) is 0.389. The van der Waals surface area contributed by atoms with E-state index in [1.807, 2.05) is 24.3 Å². The Balaban J connectivity index is 1.54. The molecule has 2 N–H and O–H groups in total. The van der Waals surface area contributed by atoms with E-state index in [9.17, 15) is 9.59 Å². The van der Waals surface area contributed by atoms with Crippen molar-refractivity contribution < 1.29 is 9.59 Å². The number of rotatable bonds is 4. The Morgan fingerprint density at radius 2 is 1.84 bits per heavy atom. The maximum absolute atomic E-state index is 12.1. The van der Waals surface area contributed by atoms with Crippen LogP contribution in [0.3, 0.4) is 0 Å². The lowest BCUT2D eigenvalue weighted by atomic mass is 10.0. The fourth-order valence-electron chi connectivity index (χ4n) is 3.40. The molecule has 7 heteroatoms. The van der Waals surface area contributed by atoms with E-state index in [1.54, 1.807) is 0 Å². The number of piperazine rings is 1. The van der Waals surface area contributed by atoms with Gasteiger partial charge in [0.2, 0.25) is 0 Å². The van der Waals surface area contributed by atoms with E-state index in [4.69, 9.17) is 0 Å². The van der Waals surface area contributed by atoms with E-state index in [2.05, 4.69) is 32.5 Å². The Kier molecular flexibility index (Phi) is 4.10. The number of hydrogen-bond donors (Lipinski definition) is 2. The van der Waals surface area contributed by atoms with E-state index in [0.717, 1.165) is 50.0 Å². The molecule has 1 aromatic carbocycles. The van der Waals surface area contributed by atoms with Crippen molar-refractivity contribution in [2.75, 3.05) is 56.9 Å². The van der Waals surface area contributed by atoms with Crippen molar-refractivity contribution in [3.8, 4) is 0 Å². The first-order chi connectivity index (χ1) is 12.1. The van der Waals surface area contributed by atoms with Crippen LogP contribution < -0.4 is 10.6 Å². The van der Waals surface area contributed by atoms with Gasteiger partial charge in [0.15, 0.2) is 0 Å². The summed E-state index contributed by atoms with van der Waals surface area (Å²) >= 11 is 0. The lowest BCUT2D eigenvalue weighted by molar-refractivity contribution is -0.112. The second-order valence-electron chi connectivity index (χ2n) is 6.58. The summed E-state index contributed by atoms with van der Waals surface area (Å²) in [5.41, 5.74) is 0.380. The molecule has 2 aliphatic rings.